The lowest BCUT2D eigenvalue weighted by molar-refractivity contribution is -0.139. The standard InChI is InChI=1S/C24H42N4O4/c1-23(2)16-10-11-24(23,3)19(14-16)28-20(29)18(13-15-7-6-8-15)27-22(32)26-17(21(30)31)9-4-5-12-25/h15-19H,4-14,25H2,1-3H3,(H,28,29)(H,30,31)(H2,26,27,32)/t16-,17+,18-,19+,24+/m1/s1. The van der Waals surface area contributed by atoms with Crippen LogP contribution in [0.3, 0.4) is 0 Å². The second kappa shape index (κ2) is 9.98. The fraction of sp³-hybridized carbons (Fsp3) is 0.875. The van der Waals surface area contributed by atoms with Crippen molar-refractivity contribution >= 4 is 17.9 Å². The predicted octanol–water partition coefficient (Wildman–Crippen LogP) is 2.76. The zero-order chi connectivity index (χ0) is 23.5. The second-order valence-electron chi connectivity index (χ2n) is 11.0. The highest BCUT2D eigenvalue weighted by atomic mass is 16.4. The average Bonchev–Trinajstić information content (AvgIpc) is 3.02. The molecule has 0 aromatic heterocycles. The summed E-state index contributed by atoms with van der Waals surface area (Å²) in [6.45, 7) is 7.39. The molecular weight excluding hydrogens is 408 g/mol. The van der Waals surface area contributed by atoms with Crippen LogP contribution in [-0.4, -0.2) is 47.7 Å². The van der Waals surface area contributed by atoms with Crippen molar-refractivity contribution in [3.63, 3.8) is 0 Å². The van der Waals surface area contributed by atoms with Crippen molar-refractivity contribution in [1.82, 2.24) is 16.0 Å². The molecule has 6 N–H and O–H groups in total. The molecule has 0 aliphatic heterocycles. The van der Waals surface area contributed by atoms with Crippen LogP contribution in [0, 0.1) is 22.7 Å². The number of hydrogen-bond donors (Lipinski definition) is 5. The number of unbranched alkanes of at least 4 members (excludes halogenated alkanes) is 1. The van der Waals surface area contributed by atoms with Crippen molar-refractivity contribution in [3.8, 4) is 0 Å². The van der Waals surface area contributed by atoms with Crippen molar-refractivity contribution < 1.29 is 19.5 Å². The van der Waals surface area contributed by atoms with Crippen molar-refractivity contribution in [3.05, 3.63) is 0 Å². The third kappa shape index (κ3) is 5.05. The van der Waals surface area contributed by atoms with Crippen molar-refractivity contribution in [2.24, 2.45) is 28.4 Å². The number of nitrogens with one attached hydrogen (secondary N) is 3. The van der Waals surface area contributed by atoms with E-state index in [4.69, 9.17) is 5.73 Å². The van der Waals surface area contributed by atoms with Crippen LogP contribution in [0.4, 0.5) is 4.79 Å². The predicted molar refractivity (Wildman–Crippen MR) is 123 cm³/mol. The third-order valence-corrected chi connectivity index (χ3v) is 9.08. The van der Waals surface area contributed by atoms with Crippen LogP contribution in [0.1, 0.15) is 85.0 Å². The maximum absolute atomic E-state index is 13.3. The number of nitrogens with two attached hydrogens (primary N) is 1. The summed E-state index contributed by atoms with van der Waals surface area (Å²) in [7, 11) is 0. The van der Waals surface area contributed by atoms with E-state index in [1.807, 2.05) is 0 Å². The molecule has 32 heavy (non-hydrogen) atoms. The molecule has 3 amide bonds. The minimum atomic E-state index is -1.07. The van der Waals surface area contributed by atoms with Crippen LogP contribution < -0.4 is 21.7 Å². The first kappa shape index (κ1) is 24.8. The summed E-state index contributed by atoms with van der Waals surface area (Å²) in [5.74, 6) is -0.173. The highest BCUT2D eigenvalue weighted by molar-refractivity contribution is 5.89. The van der Waals surface area contributed by atoms with E-state index >= 15 is 0 Å². The lowest BCUT2D eigenvalue weighted by Gasteiger charge is -2.40. The number of carbonyl (C=O) groups excluding carboxylic acids is 2. The molecule has 0 unspecified atom stereocenters. The lowest BCUT2D eigenvalue weighted by Crippen LogP contribution is -2.57. The molecule has 3 rings (SSSR count). The molecule has 2 bridgehead atoms. The Hall–Kier alpha value is -1.83. The van der Waals surface area contributed by atoms with Crippen LogP contribution in [0.2, 0.25) is 0 Å². The van der Waals surface area contributed by atoms with E-state index < -0.39 is 24.1 Å². The van der Waals surface area contributed by atoms with Gasteiger partial charge >= 0.3 is 12.0 Å². The number of amides is 3. The van der Waals surface area contributed by atoms with Crippen LogP contribution in [0.15, 0.2) is 0 Å². The zero-order valence-corrected chi connectivity index (χ0v) is 19.9. The molecule has 5 atom stereocenters. The van der Waals surface area contributed by atoms with Gasteiger partial charge in [0, 0.05) is 6.04 Å². The van der Waals surface area contributed by atoms with Gasteiger partial charge in [0.1, 0.15) is 12.1 Å². The van der Waals surface area contributed by atoms with E-state index in [2.05, 4.69) is 36.7 Å². The number of carboxylic acids is 1. The summed E-state index contributed by atoms with van der Waals surface area (Å²) in [6, 6.07) is -2.12. The van der Waals surface area contributed by atoms with Gasteiger partial charge in [-0.15, -0.1) is 0 Å². The zero-order valence-electron chi connectivity index (χ0n) is 19.9. The normalized spacial score (nSPS) is 30.2. The number of rotatable bonds is 11. The van der Waals surface area contributed by atoms with Crippen molar-refractivity contribution in [2.75, 3.05) is 6.54 Å². The molecule has 182 valence electrons. The largest absolute Gasteiger partial charge is 0.480 e. The average molecular weight is 451 g/mol. The van der Waals surface area contributed by atoms with E-state index in [-0.39, 0.29) is 22.8 Å². The number of aliphatic carboxylic acids is 1. The van der Waals surface area contributed by atoms with Crippen LogP contribution >= 0.6 is 0 Å². The van der Waals surface area contributed by atoms with Gasteiger partial charge in [-0.2, -0.15) is 0 Å². The topological polar surface area (TPSA) is 134 Å². The number of fused-ring (bicyclic) bond motifs is 2. The summed E-state index contributed by atoms with van der Waals surface area (Å²) >= 11 is 0. The fourth-order valence-corrected chi connectivity index (χ4v) is 6.10. The van der Waals surface area contributed by atoms with E-state index in [0.717, 1.165) is 32.1 Å². The van der Waals surface area contributed by atoms with Gasteiger partial charge < -0.3 is 26.8 Å². The SMILES string of the molecule is CC1(C)[C@@H]2CC[C@@]1(C)[C@@H](NC(=O)[C@@H](CC1CCC1)NC(=O)N[C@@H](CCCCN)C(=O)O)C2. The first-order valence-corrected chi connectivity index (χ1v) is 12.4. The highest BCUT2D eigenvalue weighted by Gasteiger charge is 2.61. The van der Waals surface area contributed by atoms with Crippen LogP contribution in [0.5, 0.6) is 0 Å². The van der Waals surface area contributed by atoms with Gasteiger partial charge in [0.2, 0.25) is 5.91 Å². The van der Waals surface area contributed by atoms with Gasteiger partial charge in [-0.25, -0.2) is 9.59 Å². The van der Waals surface area contributed by atoms with Gasteiger partial charge in [0.15, 0.2) is 0 Å². The summed E-state index contributed by atoms with van der Waals surface area (Å²) in [5.41, 5.74) is 5.74. The fourth-order valence-electron chi connectivity index (χ4n) is 6.10. The molecule has 3 saturated carbocycles. The Kier molecular flexibility index (Phi) is 7.73. The molecule has 0 aromatic carbocycles. The minimum absolute atomic E-state index is 0.0635. The van der Waals surface area contributed by atoms with E-state index in [1.54, 1.807) is 0 Å². The van der Waals surface area contributed by atoms with Gasteiger partial charge in [0.25, 0.3) is 0 Å². The molecule has 3 aliphatic carbocycles. The highest BCUT2D eigenvalue weighted by Crippen LogP contribution is 2.65. The van der Waals surface area contributed by atoms with Crippen LogP contribution in [-0.2, 0) is 9.59 Å². The maximum atomic E-state index is 13.3. The molecule has 3 fully saturated rings. The Morgan fingerprint density at radius 2 is 1.75 bits per heavy atom. The molecular formula is C24H42N4O4. The summed E-state index contributed by atoms with van der Waals surface area (Å²) < 4.78 is 0. The number of hydrogen-bond acceptors (Lipinski definition) is 4. The van der Waals surface area contributed by atoms with Gasteiger partial charge in [-0.3, -0.25) is 4.79 Å². The Bertz CT molecular complexity index is 708. The summed E-state index contributed by atoms with van der Waals surface area (Å²) in [6.07, 6.45) is 8.85. The Labute approximate surface area is 191 Å². The van der Waals surface area contributed by atoms with E-state index in [9.17, 15) is 19.5 Å². The second-order valence-corrected chi connectivity index (χ2v) is 11.0. The Morgan fingerprint density at radius 1 is 1.06 bits per heavy atom. The monoisotopic (exact) mass is 450 g/mol. The molecule has 0 heterocycles. The summed E-state index contributed by atoms with van der Waals surface area (Å²) in [5, 5.41) is 18.0. The number of carbonyl (C=O) groups is 3. The molecule has 0 radical (unpaired) electrons. The first-order valence-electron chi connectivity index (χ1n) is 12.4. The van der Waals surface area contributed by atoms with Crippen molar-refractivity contribution in [1.29, 1.82) is 0 Å². The molecule has 0 aromatic rings. The lowest BCUT2D eigenvalue weighted by atomic mass is 9.69. The molecule has 8 nitrogen and oxygen atoms in total. The number of urea groups is 1. The van der Waals surface area contributed by atoms with Gasteiger partial charge in [-0.1, -0.05) is 40.0 Å². The van der Waals surface area contributed by atoms with Gasteiger partial charge in [-0.05, 0) is 74.2 Å². The minimum Gasteiger partial charge on any atom is -0.480 e. The van der Waals surface area contributed by atoms with E-state index in [0.29, 0.717) is 44.1 Å². The van der Waals surface area contributed by atoms with Crippen molar-refractivity contribution in [2.45, 2.75) is 103 Å². The Balaban J connectivity index is 1.61. The quantitative estimate of drug-likeness (QED) is 0.309. The van der Waals surface area contributed by atoms with E-state index in [1.165, 1.54) is 6.42 Å². The van der Waals surface area contributed by atoms with Gasteiger partial charge in [0.05, 0.1) is 0 Å². The summed E-state index contributed by atoms with van der Waals surface area (Å²) in [4.78, 5) is 37.4. The third-order valence-electron chi connectivity index (χ3n) is 9.08. The first-order chi connectivity index (χ1) is 15.1. The maximum Gasteiger partial charge on any atom is 0.326 e. The molecule has 0 saturated heterocycles. The molecule has 0 spiro atoms. The molecule has 3 aliphatic rings. The molecule has 8 heteroatoms. The van der Waals surface area contributed by atoms with Crippen LogP contribution in [0.25, 0.3) is 0 Å². The number of carboxylic acid groups (broad SMARTS) is 1. The Morgan fingerprint density at radius 3 is 2.25 bits per heavy atom. The smallest absolute Gasteiger partial charge is 0.326 e.